The minimum absolute atomic E-state index is 0.175. The number of aryl methyl sites for hydroxylation is 1. The van der Waals surface area contributed by atoms with Gasteiger partial charge in [-0.15, -0.1) is 21.5 Å². The van der Waals surface area contributed by atoms with Crippen LogP contribution in [0.25, 0.3) is 10.2 Å². The predicted octanol–water partition coefficient (Wildman–Crippen LogP) is 4.21. The van der Waals surface area contributed by atoms with Crippen molar-refractivity contribution >= 4 is 50.0 Å². The molecular weight excluding hydrogens is 492 g/mol. The second-order valence-corrected chi connectivity index (χ2v) is 8.17. The third-order valence-corrected chi connectivity index (χ3v) is 6.16. The summed E-state index contributed by atoms with van der Waals surface area (Å²) in [6.45, 7) is 2.96. The number of aromatic nitrogens is 5. The van der Waals surface area contributed by atoms with E-state index in [-0.39, 0.29) is 13.1 Å². The zero-order chi connectivity index (χ0) is 19.2. The van der Waals surface area contributed by atoms with E-state index in [9.17, 15) is 13.2 Å². The molecule has 3 aromatic rings. The molecule has 27 heavy (non-hydrogen) atoms. The largest absolute Gasteiger partial charge is 0.451 e. The van der Waals surface area contributed by atoms with E-state index in [1.54, 1.807) is 11.3 Å². The van der Waals surface area contributed by atoms with Crippen molar-refractivity contribution in [1.82, 2.24) is 24.7 Å². The summed E-state index contributed by atoms with van der Waals surface area (Å²) in [5.74, 6) is 0.873. The Morgan fingerprint density at radius 1 is 1.22 bits per heavy atom. The number of fused-ring (bicyclic) bond motifs is 2. The van der Waals surface area contributed by atoms with Crippen LogP contribution in [-0.4, -0.2) is 31.3 Å². The van der Waals surface area contributed by atoms with E-state index in [0.717, 1.165) is 39.3 Å². The Kier molecular flexibility index (Phi) is 4.99. The minimum Gasteiger partial charge on any atom is -0.347 e. The van der Waals surface area contributed by atoms with Crippen molar-refractivity contribution < 1.29 is 13.2 Å². The molecule has 3 aromatic heterocycles. The van der Waals surface area contributed by atoms with Gasteiger partial charge < -0.3 is 9.47 Å². The zero-order valence-corrected chi connectivity index (χ0v) is 17.4. The van der Waals surface area contributed by atoms with E-state index in [4.69, 9.17) is 0 Å². The maximum absolute atomic E-state index is 13.1. The molecule has 0 radical (unpaired) electrons. The van der Waals surface area contributed by atoms with Gasteiger partial charge in [-0.2, -0.15) is 13.2 Å². The van der Waals surface area contributed by atoms with Crippen molar-refractivity contribution in [2.75, 3.05) is 11.4 Å². The van der Waals surface area contributed by atoms with Gasteiger partial charge in [-0.1, -0.05) is 35.9 Å². The highest BCUT2D eigenvalue weighted by atomic mass is 127. The molecule has 0 N–H and O–H groups in total. The summed E-state index contributed by atoms with van der Waals surface area (Å²) in [5, 5.41) is 8.08. The van der Waals surface area contributed by atoms with Crippen LogP contribution in [0.1, 0.15) is 35.7 Å². The Balaban J connectivity index is 1.73. The lowest BCUT2D eigenvalue weighted by molar-refractivity contribution is -0.147. The molecule has 6 nitrogen and oxygen atoms in total. The fourth-order valence-corrected chi connectivity index (χ4v) is 4.70. The average molecular weight is 508 g/mol. The van der Waals surface area contributed by atoms with Crippen LogP contribution in [0.15, 0.2) is 6.07 Å². The lowest BCUT2D eigenvalue weighted by Gasteiger charge is -2.29. The molecule has 0 atom stereocenters. The van der Waals surface area contributed by atoms with Crippen molar-refractivity contribution in [3.05, 3.63) is 28.4 Å². The van der Waals surface area contributed by atoms with Crippen LogP contribution in [0, 0.1) is 0 Å². The second-order valence-electron chi connectivity index (χ2n) is 6.29. The lowest BCUT2D eigenvalue weighted by atomic mass is 10.2. The quantitative estimate of drug-likeness (QED) is 0.391. The van der Waals surface area contributed by atoms with Gasteiger partial charge in [0.05, 0.1) is 16.4 Å². The molecule has 11 heteroatoms. The number of rotatable bonds is 4. The Morgan fingerprint density at radius 3 is 2.74 bits per heavy atom. The molecular formula is C16H16F3IN6S. The third kappa shape index (κ3) is 3.50. The Bertz CT molecular complexity index is 983. The van der Waals surface area contributed by atoms with Crippen LogP contribution in [0.3, 0.4) is 0 Å². The van der Waals surface area contributed by atoms with Gasteiger partial charge in [0.15, 0.2) is 5.82 Å². The summed E-state index contributed by atoms with van der Waals surface area (Å²) in [6, 6.07) is 2.11. The van der Waals surface area contributed by atoms with Crippen molar-refractivity contribution in [2.24, 2.45) is 0 Å². The number of anilines is 1. The summed E-state index contributed by atoms with van der Waals surface area (Å²) in [6.07, 6.45) is -2.47. The second kappa shape index (κ2) is 7.15. The Hall–Kier alpha value is -1.50. The van der Waals surface area contributed by atoms with Crippen LogP contribution in [0.4, 0.5) is 19.0 Å². The van der Waals surface area contributed by atoms with E-state index >= 15 is 0 Å². The molecule has 0 aromatic carbocycles. The zero-order valence-electron chi connectivity index (χ0n) is 14.4. The van der Waals surface area contributed by atoms with Crippen LogP contribution >= 0.6 is 33.9 Å². The lowest BCUT2D eigenvalue weighted by Crippen LogP contribution is -2.36. The normalized spacial score (nSPS) is 14.8. The molecule has 0 saturated heterocycles. The topological polar surface area (TPSA) is 59.7 Å². The van der Waals surface area contributed by atoms with Gasteiger partial charge in [0.1, 0.15) is 16.5 Å². The van der Waals surface area contributed by atoms with E-state index in [2.05, 4.69) is 55.7 Å². The molecule has 0 unspecified atom stereocenters. The first-order valence-corrected chi connectivity index (χ1v) is 10.8. The number of alkyl halides is 4. The average Bonchev–Trinajstić information content (AvgIpc) is 3.23. The van der Waals surface area contributed by atoms with Gasteiger partial charge in [-0.25, -0.2) is 9.97 Å². The van der Waals surface area contributed by atoms with Gasteiger partial charge in [-0.05, 0) is 12.5 Å². The molecule has 4 rings (SSSR count). The molecule has 4 heterocycles. The molecule has 0 bridgehead atoms. The van der Waals surface area contributed by atoms with Crippen molar-refractivity contribution in [1.29, 1.82) is 0 Å². The molecule has 1 aliphatic heterocycles. The number of hydrogen-bond donors (Lipinski definition) is 0. The van der Waals surface area contributed by atoms with Crippen molar-refractivity contribution in [3.63, 3.8) is 0 Å². The van der Waals surface area contributed by atoms with Gasteiger partial charge in [0.25, 0.3) is 0 Å². The molecule has 0 spiro atoms. The molecule has 0 aliphatic carbocycles. The molecule has 0 amide bonds. The van der Waals surface area contributed by atoms with E-state index in [1.165, 1.54) is 4.88 Å². The van der Waals surface area contributed by atoms with E-state index in [0.29, 0.717) is 16.8 Å². The number of nitrogens with zero attached hydrogens (tertiary/aromatic N) is 6. The highest BCUT2D eigenvalue weighted by Crippen LogP contribution is 2.35. The predicted molar refractivity (Wildman–Crippen MR) is 105 cm³/mol. The van der Waals surface area contributed by atoms with Gasteiger partial charge >= 0.3 is 6.18 Å². The first-order valence-electron chi connectivity index (χ1n) is 8.50. The monoisotopic (exact) mass is 508 g/mol. The highest BCUT2D eigenvalue weighted by Gasteiger charge is 2.39. The highest BCUT2D eigenvalue weighted by molar-refractivity contribution is 14.1. The summed E-state index contributed by atoms with van der Waals surface area (Å²) < 4.78 is 41.0. The van der Waals surface area contributed by atoms with Crippen molar-refractivity contribution in [3.8, 4) is 0 Å². The SMILES string of the molecule is CCCc1cc2c(N3CCn4c(nnc4C(F)(F)F)C3)nc(CI)nc2s1. The first-order chi connectivity index (χ1) is 12.9. The fourth-order valence-electron chi connectivity index (χ4n) is 3.22. The van der Waals surface area contributed by atoms with Crippen LogP contribution < -0.4 is 4.90 Å². The smallest absolute Gasteiger partial charge is 0.347 e. The summed E-state index contributed by atoms with van der Waals surface area (Å²) in [4.78, 5) is 13.5. The first kappa shape index (κ1) is 18.8. The molecule has 0 saturated carbocycles. The van der Waals surface area contributed by atoms with E-state index < -0.39 is 12.0 Å². The third-order valence-electron chi connectivity index (χ3n) is 4.39. The van der Waals surface area contributed by atoms with Crippen molar-refractivity contribution in [2.45, 2.75) is 43.5 Å². The summed E-state index contributed by atoms with van der Waals surface area (Å²) in [5.41, 5.74) is 0. The maximum Gasteiger partial charge on any atom is 0.451 e. The molecule has 144 valence electrons. The van der Waals surface area contributed by atoms with Gasteiger partial charge in [0, 0.05) is 18.0 Å². The molecule has 1 aliphatic rings. The number of hydrogen-bond acceptors (Lipinski definition) is 6. The Labute approximate surface area is 171 Å². The van der Waals surface area contributed by atoms with Gasteiger partial charge in [-0.3, -0.25) is 0 Å². The summed E-state index contributed by atoms with van der Waals surface area (Å²) in [7, 11) is 0. The van der Waals surface area contributed by atoms with Crippen LogP contribution in [0.5, 0.6) is 0 Å². The minimum atomic E-state index is -4.49. The molecule has 0 fully saturated rings. The van der Waals surface area contributed by atoms with Crippen LogP contribution in [0.2, 0.25) is 0 Å². The standard InChI is InChI=1S/C16H16F3IN6S/c1-2-3-9-6-10-13(21-11(7-20)22-14(10)27-9)25-4-5-26-12(8-25)23-24-15(26)16(17,18)19/h6H,2-5,7-8H2,1H3. The number of thiophene rings is 1. The maximum atomic E-state index is 13.1. The summed E-state index contributed by atoms with van der Waals surface area (Å²) >= 11 is 3.88. The number of halogens is 4. The Morgan fingerprint density at radius 2 is 2.04 bits per heavy atom. The van der Waals surface area contributed by atoms with Gasteiger partial charge in [0.2, 0.25) is 5.82 Å². The van der Waals surface area contributed by atoms with Crippen LogP contribution in [-0.2, 0) is 30.1 Å². The van der Waals surface area contributed by atoms with E-state index in [1.807, 2.05) is 4.90 Å². The fraction of sp³-hybridized carbons (Fsp3) is 0.500.